The smallest absolute Gasteiger partial charge is 0.328 e. The molecule has 2 amide bonds. The molecule has 0 bridgehead atoms. The average Bonchev–Trinajstić information content (AvgIpc) is 2.50. The number of esters is 1. The zero-order valence-corrected chi connectivity index (χ0v) is 12.5. The van der Waals surface area contributed by atoms with Gasteiger partial charge in [0.25, 0.3) is 0 Å². The van der Waals surface area contributed by atoms with E-state index in [1.807, 2.05) is 13.8 Å². The van der Waals surface area contributed by atoms with E-state index in [1.165, 1.54) is 13.2 Å². The third kappa shape index (κ3) is 5.06. The standard InChI is InChI=1S/C15H21FN2O3/c1-4-10(2)13(14(19)21-3)18-15(20)17-9-11-7-5-6-8-12(11)16/h5-8,10,13H,4,9H2,1-3H3,(H2,17,18,20)/t10-,13+/m1/s1. The third-order valence-corrected chi connectivity index (χ3v) is 3.35. The summed E-state index contributed by atoms with van der Waals surface area (Å²) in [6.45, 7) is 3.81. The first-order chi connectivity index (χ1) is 9.99. The molecule has 21 heavy (non-hydrogen) atoms. The van der Waals surface area contributed by atoms with Gasteiger partial charge in [-0.3, -0.25) is 0 Å². The van der Waals surface area contributed by atoms with Crippen LogP contribution in [-0.4, -0.2) is 25.2 Å². The van der Waals surface area contributed by atoms with Gasteiger partial charge in [-0.05, 0) is 12.0 Å². The molecule has 5 nitrogen and oxygen atoms in total. The molecule has 0 aliphatic heterocycles. The largest absolute Gasteiger partial charge is 0.467 e. The number of benzene rings is 1. The van der Waals surface area contributed by atoms with Crippen LogP contribution in [0, 0.1) is 11.7 Å². The molecule has 0 aromatic heterocycles. The van der Waals surface area contributed by atoms with Gasteiger partial charge in [-0.15, -0.1) is 0 Å². The van der Waals surface area contributed by atoms with Crippen LogP contribution in [0.3, 0.4) is 0 Å². The maximum Gasteiger partial charge on any atom is 0.328 e. The first-order valence-corrected chi connectivity index (χ1v) is 6.85. The molecule has 0 fully saturated rings. The second-order valence-electron chi connectivity index (χ2n) is 4.80. The highest BCUT2D eigenvalue weighted by atomic mass is 19.1. The molecule has 0 radical (unpaired) electrons. The second kappa shape index (κ2) is 8.24. The number of carbonyl (C=O) groups is 2. The van der Waals surface area contributed by atoms with Crippen molar-refractivity contribution < 1.29 is 18.7 Å². The molecule has 0 spiro atoms. The summed E-state index contributed by atoms with van der Waals surface area (Å²) in [5.74, 6) is -0.939. The highest BCUT2D eigenvalue weighted by Crippen LogP contribution is 2.09. The van der Waals surface area contributed by atoms with Crippen LogP contribution in [-0.2, 0) is 16.1 Å². The predicted octanol–water partition coefficient (Wildman–Crippen LogP) is 2.21. The van der Waals surface area contributed by atoms with Gasteiger partial charge in [-0.25, -0.2) is 14.0 Å². The minimum absolute atomic E-state index is 0.0485. The number of ether oxygens (including phenoxy) is 1. The fourth-order valence-electron chi connectivity index (χ4n) is 1.81. The summed E-state index contributed by atoms with van der Waals surface area (Å²) in [7, 11) is 1.27. The summed E-state index contributed by atoms with van der Waals surface area (Å²) >= 11 is 0. The molecule has 0 aliphatic rings. The van der Waals surface area contributed by atoms with Crippen molar-refractivity contribution in [3.8, 4) is 0 Å². The Morgan fingerprint density at radius 1 is 1.33 bits per heavy atom. The lowest BCUT2D eigenvalue weighted by Gasteiger charge is -2.22. The van der Waals surface area contributed by atoms with E-state index < -0.39 is 18.0 Å². The van der Waals surface area contributed by atoms with Gasteiger partial charge in [-0.1, -0.05) is 38.5 Å². The Morgan fingerprint density at radius 3 is 2.57 bits per heavy atom. The second-order valence-corrected chi connectivity index (χ2v) is 4.80. The lowest BCUT2D eigenvalue weighted by molar-refractivity contribution is -0.144. The van der Waals surface area contributed by atoms with E-state index >= 15 is 0 Å². The van der Waals surface area contributed by atoms with Crippen LogP contribution in [0.2, 0.25) is 0 Å². The van der Waals surface area contributed by atoms with Gasteiger partial charge in [0, 0.05) is 12.1 Å². The van der Waals surface area contributed by atoms with Crippen molar-refractivity contribution in [2.75, 3.05) is 7.11 Å². The molecule has 2 N–H and O–H groups in total. The number of amides is 2. The minimum atomic E-state index is -0.722. The van der Waals surface area contributed by atoms with Crippen molar-refractivity contribution in [1.82, 2.24) is 10.6 Å². The number of halogens is 1. The van der Waals surface area contributed by atoms with E-state index in [2.05, 4.69) is 15.4 Å². The minimum Gasteiger partial charge on any atom is -0.467 e. The zero-order chi connectivity index (χ0) is 15.8. The molecule has 1 aromatic carbocycles. The molecule has 116 valence electrons. The molecule has 0 heterocycles. The van der Waals surface area contributed by atoms with Crippen molar-refractivity contribution in [3.63, 3.8) is 0 Å². The Balaban J connectivity index is 2.58. The Hall–Kier alpha value is -2.11. The normalized spacial score (nSPS) is 13.1. The lowest BCUT2D eigenvalue weighted by atomic mass is 9.99. The van der Waals surface area contributed by atoms with Gasteiger partial charge in [0.2, 0.25) is 0 Å². The van der Waals surface area contributed by atoms with Crippen LogP contribution in [0.15, 0.2) is 24.3 Å². The molecule has 0 saturated carbocycles. The summed E-state index contributed by atoms with van der Waals surface area (Å²) in [5, 5.41) is 5.09. The van der Waals surface area contributed by atoms with Crippen LogP contribution >= 0.6 is 0 Å². The number of carbonyl (C=O) groups excluding carboxylic acids is 2. The Kier molecular flexibility index (Phi) is 6.65. The summed E-state index contributed by atoms with van der Waals surface area (Å²) in [4.78, 5) is 23.5. The number of nitrogens with one attached hydrogen (secondary N) is 2. The van der Waals surface area contributed by atoms with Gasteiger partial charge in [0.15, 0.2) is 0 Å². The number of rotatable bonds is 6. The highest BCUT2D eigenvalue weighted by Gasteiger charge is 2.26. The molecule has 6 heteroatoms. The molecule has 0 saturated heterocycles. The van der Waals surface area contributed by atoms with E-state index in [-0.39, 0.29) is 18.3 Å². The van der Waals surface area contributed by atoms with Gasteiger partial charge in [-0.2, -0.15) is 0 Å². The van der Waals surface area contributed by atoms with Gasteiger partial charge in [0.1, 0.15) is 11.9 Å². The third-order valence-electron chi connectivity index (χ3n) is 3.35. The number of hydrogen-bond donors (Lipinski definition) is 2. The quantitative estimate of drug-likeness (QED) is 0.791. The number of methoxy groups -OCH3 is 1. The maximum atomic E-state index is 13.4. The van der Waals surface area contributed by atoms with Gasteiger partial charge < -0.3 is 15.4 Å². The summed E-state index contributed by atoms with van der Waals surface area (Å²) in [6.07, 6.45) is 0.716. The van der Waals surface area contributed by atoms with Crippen molar-refractivity contribution in [3.05, 3.63) is 35.6 Å². The Bertz CT molecular complexity index is 494. The SMILES string of the molecule is CC[C@@H](C)[C@H](NC(=O)NCc1ccccc1F)C(=O)OC. The molecule has 0 aliphatic carbocycles. The van der Waals surface area contributed by atoms with E-state index in [1.54, 1.807) is 18.2 Å². The highest BCUT2D eigenvalue weighted by molar-refractivity contribution is 5.83. The summed E-state index contributed by atoms with van der Waals surface area (Å²) in [5.41, 5.74) is 0.380. The first-order valence-electron chi connectivity index (χ1n) is 6.85. The van der Waals surface area contributed by atoms with Gasteiger partial charge >= 0.3 is 12.0 Å². The molecular weight excluding hydrogens is 275 g/mol. The zero-order valence-electron chi connectivity index (χ0n) is 12.5. The average molecular weight is 296 g/mol. The van der Waals surface area contributed by atoms with Crippen molar-refractivity contribution >= 4 is 12.0 Å². The van der Waals surface area contributed by atoms with E-state index in [9.17, 15) is 14.0 Å². The number of hydrogen-bond acceptors (Lipinski definition) is 3. The predicted molar refractivity (Wildman–Crippen MR) is 77.0 cm³/mol. The molecule has 1 aromatic rings. The molecule has 2 atom stereocenters. The van der Waals surface area contributed by atoms with Gasteiger partial charge in [0.05, 0.1) is 7.11 Å². The van der Waals surface area contributed by atoms with Crippen molar-refractivity contribution in [2.24, 2.45) is 5.92 Å². The van der Waals surface area contributed by atoms with Crippen LogP contribution in [0.25, 0.3) is 0 Å². The monoisotopic (exact) mass is 296 g/mol. The van der Waals surface area contributed by atoms with E-state index in [0.717, 1.165) is 0 Å². The van der Waals surface area contributed by atoms with E-state index in [4.69, 9.17) is 0 Å². The maximum absolute atomic E-state index is 13.4. The van der Waals surface area contributed by atoms with Crippen LogP contribution in [0.1, 0.15) is 25.8 Å². The van der Waals surface area contributed by atoms with Crippen LogP contribution in [0.4, 0.5) is 9.18 Å². The first kappa shape index (κ1) is 16.9. The summed E-state index contributed by atoms with van der Waals surface area (Å²) < 4.78 is 18.1. The lowest BCUT2D eigenvalue weighted by Crippen LogP contribution is -2.49. The fourth-order valence-corrected chi connectivity index (χ4v) is 1.81. The Morgan fingerprint density at radius 2 is 2.00 bits per heavy atom. The molecule has 1 rings (SSSR count). The summed E-state index contributed by atoms with van der Waals surface area (Å²) in [6, 6.07) is 4.92. The molecule has 0 unspecified atom stereocenters. The number of urea groups is 1. The topological polar surface area (TPSA) is 67.4 Å². The van der Waals surface area contributed by atoms with Crippen LogP contribution in [0.5, 0.6) is 0 Å². The van der Waals surface area contributed by atoms with Crippen molar-refractivity contribution in [1.29, 1.82) is 0 Å². The fraction of sp³-hybridized carbons (Fsp3) is 0.467. The van der Waals surface area contributed by atoms with E-state index in [0.29, 0.717) is 12.0 Å². The van der Waals surface area contributed by atoms with Crippen molar-refractivity contribution in [2.45, 2.75) is 32.9 Å². The molecular formula is C15H21FN2O3. The Labute approximate surface area is 123 Å². The van der Waals surface area contributed by atoms with Crippen LogP contribution < -0.4 is 10.6 Å².